The molecule has 0 aromatic heterocycles. The number of nitro benzene ring substituents is 2. The molecule has 19 heteroatoms. The highest BCUT2D eigenvalue weighted by Gasteiger charge is 2.77. The first-order chi connectivity index (χ1) is 14.3. The monoisotopic (exact) mass is 502 g/mol. The van der Waals surface area contributed by atoms with Crippen LogP contribution >= 0.6 is 11.8 Å². The number of hydrogen-bond donors (Lipinski definition) is 1. The Morgan fingerprint density at radius 1 is 0.969 bits per heavy atom. The summed E-state index contributed by atoms with van der Waals surface area (Å²) in [5.74, 6) is -3.73. The highest BCUT2D eigenvalue weighted by molar-refractivity contribution is 8.17. The number of hydrogen-bond acceptors (Lipinski definition) is 7. The van der Waals surface area contributed by atoms with Crippen LogP contribution in [0, 0.1) is 20.2 Å². The van der Waals surface area contributed by atoms with Gasteiger partial charge in [-0.15, -0.1) is 0 Å². The van der Waals surface area contributed by atoms with E-state index >= 15 is 0 Å². The second kappa shape index (κ2) is 7.78. The van der Waals surface area contributed by atoms with Crippen LogP contribution in [-0.2, 0) is 0 Å². The number of allylic oxidation sites excluding steroid dienone is 1. The number of nitro groups is 2. The molecule has 176 valence electrons. The minimum absolute atomic E-state index is 0.274. The Hall–Kier alpha value is -3.12. The smallest absolute Gasteiger partial charge is 0.329 e. The molecule has 1 aromatic carbocycles. The highest BCUT2D eigenvalue weighted by atomic mass is 32.2. The number of alkyl halides is 9. The molecule has 2 rings (SSSR count). The zero-order valence-corrected chi connectivity index (χ0v) is 15.2. The standard InChI is InChI=1S/C13H4F10N4O4S/c14-7(11(15,16)17)8-10(12(18,19)20,13(21,22)23)25-9(32-8)24-5-2-1-4(26(28)29)3-6(5)27(30)31/h1-3H,(H,24,25)/b8-7+. The van der Waals surface area contributed by atoms with Crippen molar-refractivity contribution < 1.29 is 53.8 Å². The van der Waals surface area contributed by atoms with Crippen LogP contribution in [0.25, 0.3) is 0 Å². The van der Waals surface area contributed by atoms with E-state index in [-0.39, 0.29) is 6.07 Å². The summed E-state index contributed by atoms with van der Waals surface area (Å²) in [6, 6.07) is 1.32. The molecule has 0 amide bonds. The van der Waals surface area contributed by atoms with Crippen molar-refractivity contribution in [3.63, 3.8) is 0 Å². The van der Waals surface area contributed by atoms with Crippen LogP contribution in [0.4, 0.5) is 61.0 Å². The highest BCUT2D eigenvalue weighted by Crippen LogP contribution is 2.59. The topological polar surface area (TPSA) is 111 Å². The maximum Gasteiger partial charge on any atom is 0.443 e. The van der Waals surface area contributed by atoms with Crippen LogP contribution in [0.1, 0.15) is 0 Å². The van der Waals surface area contributed by atoms with E-state index in [1.165, 1.54) is 0 Å². The van der Waals surface area contributed by atoms with Crippen LogP contribution in [0.5, 0.6) is 0 Å². The Kier molecular flexibility index (Phi) is 6.11. The molecule has 0 radical (unpaired) electrons. The first kappa shape index (κ1) is 25.1. The Morgan fingerprint density at radius 2 is 1.50 bits per heavy atom. The lowest BCUT2D eigenvalue weighted by atomic mass is 9.97. The van der Waals surface area contributed by atoms with E-state index in [2.05, 4.69) is 4.99 Å². The second-order valence-electron chi connectivity index (χ2n) is 5.71. The molecular formula is C13H4F10N4O4S. The van der Waals surface area contributed by atoms with Crippen molar-refractivity contribution >= 4 is 34.0 Å². The van der Waals surface area contributed by atoms with Crippen molar-refractivity contribution in [2.75, 3.05) is 5.32 Å². The molecule has 1 N–H and O–H groups in total. The van der Waals surface area contributed by atoms with Gasteiger partial charge in [0.15, 0.2) is 5.17 Å². The van der Waals surface area contributed by atoms with Gasteiger partial charge in [-0.05, 0) is 6.07 Å². The van der Waals surface area contributed by atoms with E-state index in [1.54, 1.807) is 5.32 Å². The van der Waals surface area contributed by atoms with Crippen molar-refractivity contribution in [1.82, 2.24) is 0 Å². The van der Waals surface area contributed by atoms with E-state index in [0.29, 0.717) is 12.1 Å². The largest absolute Gasteiger partial charge is 0.443 e. The summed E-state index contributed by atoms with van der Waals surface area (Å²) >= 11 is -1.04. The molecule has 0 atom stereocenters. The minimum atomic E-state index is -6.61. The molecule has 0 saturated carbocycles. The summed E-state index contributed by atoms with van der Waals surface area (Å²) in [4.78, 5) is 18.6. The molecule has 1 aromatic rings. The van der Waals surface area contributed by atoms with Gasteiger partial charge in [-0.3, -0.25) is 20.2 Å². The number of aliphatic imine (C=N–C) groups is 1. The zero-order chi connectivity index (χ0) is 24.9. The third-order valence-electron chi connectivity index (χ3n) is 3.70. The molecule has 0 aliphatic carbocycles. The lowest BCUT2D eigenvalue weighted by Gasteiger charge is -2.31. The van der Waals surface area contributed by atoms with Gasteiger partial charge in [0.25, 0.3) is 16.9 Å². The Balaban J connectivity index is 2.73. The van der Waals surface area contributed by atoms with Crippen molar-refractivity contribution in [2.24, 2.45) is 4.99 Å². The van der Waals surface area contributed by atoms with E-state index < -0.39 is 78.6 Å². The van der Waals surface area contributed by atoms with Crippen LogP contribution < -0.4 is 5.32 Å². The summed E-state index contributed by atoms with van der Waals surface area (Å²) in [5.41, 5.74) is -8.76. The van der Waals surface area contributed by atoms with Gasteiger partial charge in [0.05, 0.1) is 20.8 Å². The van der Waals surface area contributed by atoms with Gasteiger partial charge < -0.3 is 5.32 Å². The number of halogens is 10. The summed E-state index contributed by atoms with van der Waals surface area (Å²) in [5, 5.41) is 21.7. The number of thioether (sulfide) groups is 1. The van der Waals surface area contributed by atoms with Gasteiger partial charge in [0, 0.05) is 6.07 Å². The molecular weight excluding hydrogens is 498 g/mol. The number of non-ortho nitro benzene ring substituents is 1. The molecule has 32 heavy (non-hydrogen) atoms. The number of anilines is 1. The van der Waals surface area contributed by atoms with Gasteiger partial charge >= 0.3 is 18.5 Å². The zero-order valence-electron chi connectivity index (χ0n) is 14.4. The first-order valence-electron chi connectivity index (χ1n) is 7.41. The fourth-order valence-corrected chi connectivity index (χ4v) is 3.50. The molecule has 1 aliphatic rings. The van der Waals surface area contributed by atoms with Gasteiger partial charge in [0.1, 0.15) is 5.69 Å². The van der Waals surface area contributed by atoms with Crippen molar-refractivity contribution in [3.05, 3.63) is 49.2 Å². The van der Waals surface area contributed by atoms with Crippen LogP contribution in [0.15, 0.2) is 33.9 Å². The number of nitrogens with one attached hydrogen (secondary N) is 1. The number of amidine groups is 1. The normalized spacial score (nSPS) is 18.2. The van der Waals surface area contributed by atoms with Crippen molar-refractivity contribution in [2.45, 2.75) is 24.1 Å². The van der Waals surface area contributed by atoms with E-state index in [9.17, 15) is 64.1 Å². The van der Waals surface area contributed by atoms with Gasteiger partial charge in [0.2, 0.25) is 5.83 Å². The van der Waals surface area contributed by atoms with Gasteiger partial charge in [-0.2, -0.15) is 39.5 Å². The summed E-state index contributed by atoms with van der Waals surface area (Å²) in [6.45, 7) is 0. The number of rotatable bonds is 3. The fourth-order valence-electron chi connectivity index (χ4n) is 2.33. The van der Waals surface area contributed by atoms with E-state index in [4.69, 9.17) is 0 Å². The first-order valence-corrected chi connectivity index (χ1v) is 8.23. The van der Waals surface area contributed by atoms with Crippen LogP contribution in [0.2, 0.25) is 0 Å². The molecule has 0 fully saturated rings. The molecule has 0 spiro atoms. The molecule has 8 nitrogen and oxygen atoms in total. The van der Waals surface area contributed by atoms with E-state index in [0.717, 1.165) is 0 Å². The molecule has 1 aliphatic heterocycles. The Morgan fingerprint density at radius 3 is 1.91 bits per heavy atom. The summed E-state index contributed by atoms with van der Waals surface area (Å²) < 4.78 is 132. The van der Waals surface area contributed by atoms with Gasteiger partial charge in [-0.1, -0.05) is 11.8 Å². The predicted molar refractivity (Wildman–Crippen MR) is 87.4 cm³/mol. The maximum atomic E-state index is 13.7. The van der Waals surface area contributed by atoms with Gasteiger partial charge in [-0.25, -0.2) is 9.38 Å². The lowest BCUT2D eigenvalue weighted by molar-refractivity contribution is -0.393. The quantitative estimate of drug-likeness (QED) is 0.326. The maximum absolute atomic E-state index is 13.7. The molecule has 0 bridgehead atoms. The average Bonchev–Trinajstić information content (AvgIpc) is 3.00. The second-order valence-corrected chi connectivity index (χ2v) is 6.71. The fraction of sp³-hybridized carbons (Fsp3) is 0.308. The number of nitrogens with zero attached hydrogens (tertiary/aromatic N) is 3. The molecule has 1 heterocycles. The SMILES string of the molecule is O=[N+]([O-])c1ccc(NC2=NC(C(F)(F)F)(C(F)(F)F)/C(=C(\F)C(F)(F)F)S2)c([N+](=O)[O-])c1. The Labute approximate surface area is 172 Å². The average molecular weight is 502 g/mol. The summed E-state index contributed by atoms with van der Waals surface area (Å²) in [6.07, 6.45) is -19.5. The van der Waals surface area contributed by atoms with Crippen molar-refractivity contribution in [3.8, 4) is 0 Å². The number of benzene rings is 1. The van der Waals surface area contributed by atoms with Crippen LogP contribution in [-0.4, -0.2) is 39.1 Å². The van der Waals surface area contributed by atoms with Crippen LogP contribution in [0.3, 0.4) is 0 Å². The third-order valence-corrected chi connectivity index (χ3v) is 4.76. The molecule has 0 unspecified atom stereocenters. The minimum Gasteiger partial charge on any atom is -0.329 e. The Bertz CT molecular complexity index is 1020. The van der Waals surface area contributed by atoms with Crippen molar-refractivity contribution in [1.29, 1.82) is 0 Å². The predicted octanol–water partition coefficient (Wildman–Crippen LogP) is 5.62. The molecule has 0 saturated heterocycles. The lowest BCUT2D eigenvalue weighted by Crippen LogP contribution is -2.55. The van der Waals surface area contributed by atoms with E-state index in [1.807, 2.05) is 0 Å². The third kappa shape index (κ3) is 4.28. The summed E-state index contributed by atoms with van der Waals surface area (Å²) in [7, 11) is 0.